The molecule has 2 heterocycles. The monoisotopic (exact) mass is 297 g/mol. The fourth-order valence-electron chi connectivity index (χ4n) is 2.32. The molecule has 110 valence electrons. The molecule has 20 heavy (non-hydrogen) atoms. The van der Waals surface area contributed by atoms with Crippen molar-refractivity contribution >= 4 is 23.5 Å². The summed E-state index contributed by atoms with van der Waals surface area (Å²) in [5.41, 5.74) is -0.148. The first-order valence-electron chi connectivity index (χ1n) is 6.64. The van der Waals surface area contributed by atoms with Gasteiger partial charge >= 0.3 is 5.97 Å². The van der Waals surface area contributed by atoms with Crippen molar-refractivity contribution in [1.29, 1.82) is 0 Å². The molecule has 0 radical (unpaired) electrons. The lowest BCUT2D eigenvalue weighted by atomic mass is 10.2. The van der Waals surface area contributed by atoms with Gasteiger partial charge in [0.25, 0.3) is 5.56 Å². The average molecular weight is 297 g/mol. The lowest BCUT2D eigenvalue weighted by Crippen LogP contribution is -2.47. The molecule has 2 rings (SSSR count). The van der Waals surface area contributed by atoms with E-state index < -0.39 is 5.97 Å². The topological polar surface area (TPSA) is 75.4 Å². The molecule has 1 unspecified atom stereocenters. The maximum Gasteiger partial charge on any atom is 0.305 e. The quantitative estimate of drug-likeness (QED) is 0.900. The second-order valence-corrected chi connectivity index (χ2v) is 6.23. The summed E-state index contributed by atoms with van der Waals surface area (Å²) in [5.74, 6) is 1.12. The van der Waals surface area contributed by atoms with Gasteiger partial charge in [0.2, 0.25) is 0 Å². The van der Waals surface area contributed by atoms with Crippen molar-refractivity contribution < 1.29 is 9.90 Å². The molecular weight excluding hydrogens is 278 g/mol. The molecule has 0 spiro atoms. The predicted octanol–water partition coefficient (Wildman–Crippen LogP) is 1.22. The number of hydrogen-bond acceptors (Lipinski definition) is 5. The number of thioether (sulfide) groups is 1. The van der Waals surface area contributed by atoms with Gasteiger partial charge in [-0.1, -0.05) is 0 Å². The normalized spacial score (nSPS) is 19.4. The summed E-state index contributed by atoms with van der Waals surface area (Å²) in [4.78, 5) is 29.5. The van der Waals surface area contributed by atoms with Gasteiger partial charge in [-0.2, -0.15) is 11.8 Å². The summed E-state index contributed by atoms with van der Waals surface area (Å²) in [6, 6.07) is -0.115. The van der Waals surface area contributed by atoms with Gasteiger partial charge in [-0.15, -0.1) is 0 Å². The van der Waals surface area contributed by atoms with E-state index in [4.69, 9.17) is 5.11 Å². The fourth-order valence-corrected chi connectivity index (χ4v) is 3.38. The van der Waals surface area contributed by atoms with Gasteiger partial charge in [0.05, 0.1) is 12.5 Å². The van der Waals surface area contributed by atoms with Gasteiger partial charge < -0.3 is 14.6 Å². The first-order chi connectivity index (χ1) is 9.50. The molecular formula is C13H19N3O3S. The highest BCUT2D eigenvalue weighted by Gasteiger charge is 2.28. The van der Waals surface area contributed by atoms with Crippen LogP contribution in [-0.2, 0) is 4.79 Å². The summed E-state index contributed by atoms with van der Waals surface area (Å²) in [7, 11) is 0. The van der Waals surface area contributed by atoms with Gasteiger partial charge in [0.1, 0.15) is 0 Å². The molecule has 7 heteroatoms. The largest absolute Gasteiger partial charge is 0.481 e. The highest BCUT2D eigenvalue weighted by molar-refractivity contribution is 7.99. The number of anilines is 1. The van der Waals surface area contributed by atoms with E-state index in [0.29, 0.717) is 18.1 Å². The predicted molar refractivity (Wildman–Crippen MR) is 79.6 cm³/mol. The zero-order chi connectivity index (χ0) is 14.7. The van der Waals surface area contributed by atoms with Gasteiger partial charge in [0, 0.05) is 36.5 Å². The minimum atomic E-state index is -0.845. The van der Waals surface area contributed by atoms with Crippen LogP contribution in [0.2, 0.25) is 0 Å². The Morgan fingerprint density at radius 1 is 1.60 bits per heavy atom. The number of aliphatic carboxylic acids is 1. The summed E-state index contributed by atoms with van der Waals surface area (Å²) in [5, 5.41) is 9.00. The lowest BCUT2D eigenvalue weighted by Gasteiger charge is -2.35. The molecule has 0 aliphatic carbocycles. The molecule has 1 aromatic heterocycles. The van der Waals surface area contributed by atoms with Crippen LogP contribution in [0.15, 0.2) is 17.2 Å². The second-order valence-electron chi connectivity index (χ2n) is 5.08. The number of hydrogen-bond donors (Lipinski definition) is 1. The van der Waals surface area contributed by atoms with Crippen LogP contribution in [0.1, 0.15) is 26.3 Å². The third-order valence-electron chi connectivity index (χ3n) is 3.32. The first-order valence-corrected chi connectivity index (χ1v) is 7.79. The molecule has 1 atom stereocenters. The third kappa shape index (κ3) is 3.15. The van der Waals surface area contributed by atoms with Crippen LogP contribution in [0.3, 0.4) is 0 Å². The molecule has 0 bridgehead atoms. The van der Waals surface area contributed by atoms with Crippen LogP contribution in [0.25, 0.3) is 0 Å². The van der Waals surface area contributed by atoms with E-state index in [0.717, 1.165) is 5.75 Å². The van der Waals surface area contributed by atoms with Crippen LogP contribution in [0.5, 0.6) is 0 Å². The highest BCUT2D eigenvalue weighted by Crippen LogP contribution is 2.22. The van der Waals surface area contributed by atoms with E-state index in [1.165, 1.54) is 0 Å². The van der Waals surface area contributed by atoms with Gasteiger partial charge in [-0.3, -0.25) is 9.59 Å². The van der Waals surface area contributed by atoms with Crippen molar-refractivity contribution in [3.63, 3.8) is 0 Å². The van der Waals surface area contributed by atoms with E-state index >= 15 is 0 Å². The second kappa shape index (κ2) is 6.30. The number of nitrogens with zero attached hydrogens (tertiary/aromatic N) is 3. The maximum atomic E-state index is 12.4. The van der Waals surface area contributed by atoms with Crippen molar-refractivity contribution in [2.75, 3.05) is 23.0 Å². The standard InChI is InChI=1S/C13H19N3O3S/c1-9(2)15-4-3-14-12(13(15)19)16-5-6-20-8-10(16)7-11(17)18/h3-4,9-10H,5-8H2,1-2H3,(H,17,18). The fraction of sp³-hybridized carbons (Fsp3) is 0.615. The maximum absolute atomic E-state index is 12.4. The Kier molecular flexibility index (Phi) is 4.69. The minimum Gasteiger partial charge on any atom is -0.481 e. The zero-order valence-corrected chi connectivity index (χ0v) is 12.5. The van der Waals surface area contributed by atoms with Gasteiger partial charge in [0.15, 0.2) is 5.82 Å². The number of carboxylic acid groups (broad SMARTS) is 1. The molecule has 0 amide bonds. The average Bonchev–Trinajstić information content (AvgIpc) is 2.39. The number of aromatic nitrogens is 2. The summed E-state index contributed by atoms with van der Waals surface area (Å²) >= 11 is 1.72. The Bertz CT molecular complexity index is 544. The first kappa shape index (κ1) is 14.9. The van der Waals surface area contributed by atoms with E-state index in [1.807, 2.05) is 18.7 Å². The highest BCUT2D eigenvalue weighted by atomic mass is 32.2. The summed E-state index contributed by atoms with van der Waals surface area (Å²) in [6.07, 6.45) is 3.31. The molecule has 0 saturated carbocycles. The Labute approximate surface area is 121 Å². The molecule has 1 aliphatic heterocycles. The Hall–Kier alpha value is -1.50. The number of carbonyl (C=O) groups is 1. The van der Waals surface area contributed by atoms with Crippen molar-refractivity contribution in [2.24, 2.45) is 0 Å². The molecule has 0 aromatic carbocycles. The van der Waals surface area contributed by atoms with Crippen LogP contribution < -0.4 is 10.5 Å². The summed E-state index contributed by atoms with van der Waals surface area (Å²) in [6.45, 7) is 4.53. The van der Waals surface area contributed by atoms with Crippen molar-refractivity contribution in [1.82, 2.24) is 9.55 Å². The Balaban J connectivity index is 2.35. The molecule has 1 saturated heterocycles. The number of rotatable bonds is 4. The SMILES string of the molecule is CC(C)n1ccnc(N2CCSCC2CC(=O)O)c1=O. The minimum absolute atomic E-state index is 0.0324. The third-order valence-corrected chi connectivity index (χ3v) is 4.41. The van der Waals surface area contributed by atoms with Crippen molar-refractivity contribution in [3.8, 4) is 0 Å². The Morgan fingerprint density at radius 2 is 2.35 bits per heavy atom. The summed E-state index contributed by atoms with van der Waals surface area (Å²) < 4.78 is 1.63. The van der Waals surface area contributed by atoms with Crippen LogP contribution in [-0.4, -0.2) is 44.7 Å². The molecule has 1 N–H and O–H groups in total. The van der Waals surface area contributed by atoms with Crippen LogP contribution in [0, 0.1) is 0 Å². The lowest BCUT2D eigenvalue weighted by molar-refractivity contribution is -0.137. The molecule has 6 nitrogen and oxygen atoms in total. The smallest absolute Gasteiger partial charge is 0.305 e. The van der Waals surface area contributed by atoms with Crippen molar-refractivity contribution in [2.45, 2.75) is 32.4 Å². The van der Waals surface area contributed by atoms with Crippen LogP contribution in [0.4, 0.5) is 5.82 Å². The van der Waals surface area contributed by atoms with E-state index in [2.05, 4.69) is 4.98 Å². The van der Waals surface area contributed by atoms with E-state index in [9.17, 15) is 9.59 Å². The van der Waals surface area contributed by atoms with Gasteiger partial charge in [-0.25, -0.2) is 4.98 Å². The zero-order valence-electron chi connectivity index (χ0n) is 11.7. The molecule has 1 fully saturated rings. The van der Waals surface area contributed by atoms with Crippen molar-refractivity contribution in [3.05, 3.63) is 22.7 Å². The molecule has 1 aromatic rings. The molecule has 1 aliphatic rings. The Morgan fingerprint density at radius 3 is 3.00 bits per heavy atom. The van der Waals surface area contributed by atoms with Gasteiger partial charge in [-0.05, 0) is 13.8 Å². The van der Waals surface area contributed by atoms with E-state index in [1.54, 1.807) is 28.7 Å². The van der Waals surface area contributed by atoms with E-state index in [-0.39, 0.29) is 24.1 Å². The number of carboxylic acids is 1. The van der Waals surface area contributed by atoms with Crippen LogP contribution >= 0.6 is 11.8 Å².